The molecule has 0 heterocycles. The van der Waals surface area contributed by atoms with Crippen LogP contribution in [-0.2, 0) is 14.3 Å². The smallest absolute Gasteiger partial charge is 0.407 e. The van der Waals surface area contributed by atoms with E-state index in [0.717, 1.165) is 12.8 Å². The molecule has 4 atom stereocenters. The second-order valence-electron chi connectivity index (χ2n) is 13.2. The molecule has 0 aliphatic heterocycles. The maximum absolute atomic E-state index is 13.2. The fourth-order valence-corrected chi connectivity index (χ4v) is 4.80. The van der Waals surface area contributed by atoms with E-state index in [-0.39, 0.29) is 36.0 Å². The molecule has 0 spiro atoms. The van der Waals surface area contributed by atoms with E-state index in [1.54, 1.807) is 46.1 Å². The molecule has 10 heteroatoms. The minimum absolute atomic E-state index is 0.00887. The van der Waals surface area contributed by atoms with Crippen LogP contribution in [0.2, 0.25) is 0 Å². The van der Waals surface area contributed by atoms with Crippen LogP contribution in [0.5, 0.6) is 5.75 Å². The van der Waals surface area contributed by atoms with Gasteiger partial charge in [0.15, 0.2) is 0 Å². The van der Waals surface area contributed by atoms with Crippen molar-refractivity contribution in [2.45, 2.75) is 105 Å². The van der Waals surface area contributed by atoms with Gasteiger partial charge in [-0.1, -0.05) is 53.2 Å². The molecule has 1 aromatic rings. The van der Waals surface area contributed by atoms with E-state index in [1.807, 2.05) is 33.8 Å². The molecule has 10 nitrogen and oxygen atoms in total. The summed E-state index contributed by atoms with van der Waals surface area (Å²) < 4.78 is 16.4. The van der Waals surface area contributed by atoms with Crippen LogP contribution in [0.15, 0.2) is 24.3 Å². The van der Waals surface area contributed by atoms with Gasteiger partial charge in [0, 0.05) is 39.1 Å². The Morgan fingerprint density at radius 3 is 2.20 bits per heavy atom. The molecule has 0 aromatic heterocycles. The van der Waals surface area contributed by atoms with Crippen molar-refractivity contribution in [1.82, 2.24) is 16.0 Å². The highest BCUT2D eigenvalue weighted by Gasteiger charge is 2.33. The Kier molecular flexibility index (Phi) is 18.0. The second-order valence-corrected chi connectivity index (χ2v) is 13.2. The van der Waals surface area contributed by atoms with Crippen molar-refractivity contribution < 1.29 is 33.7 Å². The number of benzene rings is 1. The number of methoxy groups -OCH3 is 1. The summed E-state index contributed by atoms with van der Waals surface area (Å²) in [6.07, 6.45) is 1.46. The van der Waals surface area contributed by atoms with Crippen LogP contribution in [0, 0.1) is 23.7 Å². The van der Waals surface area contributed by atoms with Gasteiger partial charge in [-0.25, -0.2) is 4.79 Å². The molecule has 44 heavy (non-hydrogen) atoms. The van der Waals surface area contributed by atoms with E-state index in [4.69, 9.17) is 14.2 Å². The number of rotatable bonds is 20. The van der Waals surface area contributed by atoms with Gasteiger partial charge in [0.05, 0.1) is 24.3 Å². The van der Waals surface area contributed by atoms with Gasteiger partial charge >= 0.3 is 6.09 Å². The zero-order valence-corrected chi connectivity index (χ0v) is 28.5. The zero-order valence-electron chi connectivity index (χ0n) is 28.5. The van der Waals surface area contributed by atoms with Gasteiger partial charge in [-0.2, -0.15) is 0 Å². The first-order valence-corrected chi connectivity index (χ1v) is 16.1. The Bertz CT molecular complexity index is 993. The molecule has 0 fully saturated rings. The number of alkyl carbamates (subject to hydrolysis) is 1. The summed E-state index contributed by atoms with van der Waals surface area (Å²) in [6, 6.07) is 6.40. The largest absolute Gasteiger partial charge is 0.493 e. The Hall–Kier alpha value is -2.85. The molecule has 1 aromatic carbocycles. The summed E-state index contributed by atoms with van der Waals surface area (Å²) in [5, 5.41) is 20.4. The number of para-hydroxylation sites is 1. The molecular weight excluding hydrogens is 562 g/mol. The van der Waals surface area contributed by atoms with Crippen molar-refractivity contribution in [3.05, 3.63) is 29.8 Å². The fraction of sp³-hybridized carbons (Fsp3) is 0.735. The van der Waals surface area contributed by atoms with Crippen molar-refractivity contribution in [1.29, 1.82) is 0 Å². The van der Waals surface area contributed by atoms with Gasteiger partial charge in [0.1, 0.15) is 11.4 Å². The minimum atomic E-state index is -1.01. The highest BCUT2D eigenvalue weighted by Crippen LogP contribution is 2.25. The molecule has 0 aliphatic rings. The number of amides is 3. The normalized spacial score (nSPS) is 14.5. The van der Waals surface area contributed by atoms with Crippen LogP contribution in [0.25, 0.3) is 0 Å². The molecule has 1 rings (SSSR count). The minimum Gasteiger partial charge on any atom is -0.493 e. The zero-order chi connectivity index (χ0) is 33.3. The lowest BCUT2D eigenvalue weighted by Gasteiger charge is -2.33. The van der Waals surface area contributed by atoms with Crippen LogP contribution >= 0.6 is 0 Å². The first-order valence-electron chi connectivity index (χ1n) is 16.1. The standard InChI is InChI=1S/C34H59N3O7/c1-10-11-17-35-32(40)27(24(4)5)21-29(38)28(37-33(41)44-34(6,7)8)20-25(23(2)3)22-36-31(39)26-15-12-13-16-30(26)43-19-14-18-42-9/h12-13,15-16,23-25,27-29,38H,10-11,14,17-22H2,1-9H3,(H,35,40)(H,36,39)(H,37,41). The molecule has 0 saturated carbocycles. The third-order valence-electron chi connectivity index (χ3n) is 7.54. The molecule has 3 amide bonds. The van der Waals surface area contributed by atoms with Crippen molar-refractivity contribution >= 4 is 17.9 Å². The SMILES string of the molecule is CCCCNC(=O)C(CC(O)C(CC(CNC(=O)c1ccccc1OCCCOC)C(C)C)NC(=O)OC(C)(C)C)C(C)C. The molecule has 0 radical (unpaired) electrons. The van der Waals surface area contributed by atoms with Gasteiger partial charge in [-0.15, -0.1) is 0 Å². The lowest BCUT2D eigenvalue weighted by molar-refractivity contribution is -0.127. The molecule has 0 saturated heterocycles. The van der Waals surface area contributed by atoms with E-state index in [0.29, 0.717) is 50.5 Å². The van der Waals surface area contributed by atoms with Crippen LogP contribution in [-0.4, -0.2) is 74.2 Å². The van der Waals surface area contributed by atoms with Crippen LogP contribution in [0.3, 0.4) is 0 Å². The van der Waals surface area contributed by atoms with Gasteiger partial charge in [-0.3, -0.25) is 9.59 Å². The summed E-state index contributed by atoms with van der Waals surface area (Å²) >= 11 is 0. The highest BCUT2D eigenvalue weighted by atomic mass is 16.6. The molecule has 4 N–H and O–H groups in total. The Morgan fingerprint density at radius 2 is 1.61 bits per heavy atom. The van der Waals surface area contributed by atoms with E-state index in [1.165, 1.54) is 0 Å². The quantitative estimate of drug-likeness (QED) is 0.145. The predicted molar refractivity (Wildman–Crippen MR) is 174 cm³/mol. The third-order valence-corrected chi connectivity index (χ3v) is 7.54. The lowest BCUT2D eigenvalue weighted by Crippen LogP contribution is -2.49. The Labute approximate surface area is 265 Å². The number of ether oxygens (including phenoxy) is 3. The van der Waals surface area contributed by atoms with Crippen molar-refractivity contribution in [2.75, 3.05) is 33.4 Å². The lowest BCUT2D eigenvalue weighted by atomic mass is 9.82. The Balaban J connectivity index is 3.09. The van der Waals surface area contributed by atoms with Crippen molar-refractivity contribution in [3.63, 3.8) is 0 Å². The summed E-state index contributed by atoms with van der Waals surface area (Å²) in [7, 11) is 1.63. The van der Waals surface area contributed by atoms with Gasteiger partial charge in [0.25, 0.3) is 5.91 Å². The Morgan fingerprint density at radius 1 is 0.932 bits per heavy atom. The summed E-state index contributed by atoms with van der Waals surface area (Å²) in [4.78, 5) is 39.1. The maximum Gasteiger partial charge on any atom is 0.407 e. The second kappa shape index (κ2) is 20.2. The number of carbonyl (C=O) groups is 3. The van der Waals surface area contributed by atoms with Gasteiger partial charge in [0.2, 0.25) is 5.91 Å². The number of unbranched alkanes of at least 4 members (excludes halogenated alkanes) is 1. The van der Waals surface area contributed by atoms with Gasteiger partial charge < -0.3 is 35.3 Å². The maximum atomic E-state index is 13.2. The fourth-order valence-electron chi connectivity index (χ4n) is 4.80. The van der Waals surface area contributed by atoms with Gasteiger partial charge in [-0.05, 0) is 69.9 Å². The van der Waals surface area contributed by atoms with Crippen LogP contribution < -0.4 is 20.7 Å². The highest BCUT2D eigenvalue weighted by molar-refractivity contribution is 5.96. The molecule has 0 aliphatic carbocycles. The van der Waals surface area contributed by atoms with E-state index in [2.05, 4.69) is 22.9 Å². The van der Waals surface area contributed by atoms with E-state index >= 15 is 0 Å². The number of carbonyl (C=O) groups excluding carboxylic acids is 3. The topological polar surface area (TPSA) is 135 Å². The predicted octanol–water partition coefficient (Wildman–Crippen LogP) is 5.33. The molecule has 252 valence electrons. The first-order chi connectivity index (χ1) is 20.7. The average Bonchev–Trinajstić information content (AvgIpc) is 2.94. The number of aliphatic hydroxyl groups is 1. The monoisotopic (exact) mass is 621 g/mol. The number of hydrogen-bond donors (Lipinski definition) is 4. The third kappa shape index (κ3) is 15.2. The number of aliphatic hydroxyl groups excluding tert-OH is 1. The van der Waals surface area contributed by atoms with E-state index < -0.39 is 29.8 Å². The molecular formula is C34H59N3O7. The van der Waals surface area contributed by atoms with Crippen molar-refractivity contribution in [2.24, 2.45) is 23.7 Å². The van der Waals surface area contributed by atoms with Crippen LogP contribution in [0.1, 0.15) is 97.9 Å². The number of hydrogen-bond acceptors (Lipinski definition) is 7. The van der Waals surface area contributed by atoms with Crippen molar-refractivity contribution in [3.8, 4) is 5.75 Å². The van der Waals surface area contributed by atoms with Crippen LogP contribution in [0.4, 0.5) is 4.79 Å². The first kappa shape index (κ1) is 39.2. The number of nitrogens with one attached hydrogen (secondary N) is 3. The summed E-state index contributed by atoms with van der Waals surface area (Å²) in [6.45, 7) is 17.3. The van der Waals surface area contributed by atoms with E-state index in [9.17, 15) is 19.5 Å². The molecule has 4 unspecified atom stereocenters. The summed E-state index contributed by atoms with van der Waals surface area (Å²) in [5.41, 5.74) is -0.284. The average molecular weight is 622 g/mol. The summed E-state index contributed by atoms with van der Waals surface area (Å²) in [5.74, 6) is -0.284. The molecule has 0 bridgehead atoms.